The summed E-state index contributed by atoms with van der Waals surface area (Å²) in [6.07, 6.45) is -7.96. The van der Waals surface area contributed by atoms with Gasteiger partial charge >= 0.3 is 0 Å². The van der Waals surface area contributed by atoms with E-state index in [1.807, 2.05) is 6.92 Å². The van der Waals surface area contributed by atoms with Gasteiger partial charge in [-0.3, -0.25) is 0 Å². The van der Waals surface area contributed by atoms with E-state index in [9.17, 15) is 25.5 Å². The van der Waals surface area contributed by atoms with Crippen LogP contribution in [0.3, 0.4) is 0 Å². The van der Waals surface area contributed by atoms with Crippen molar-refractivity contribution >= 4 is 0 Å². The van der Waals surface area contributed by atoms with Gasteiger partial charge in [-0.25, -0.2) is 0 Å². The van der Waals surface area contributed by atoms with Crippen molar-refractivity contribution in [2.45, 2.75) is 74.4 Å². The summed E-state index contributed by atoms with van der Waals surface area (Å²) in [4.78, 5) is 0. The fourth-order valence-corrected chi connectivity index (χ4v) is 3.12. The number of ether oxygens (including phenoxy) is 3. The maximum Gasteiger partial charge on any atom is 0.176 e. The predicted octanol–water partition coefficient (Wildman–Crippen LogP) is -4.00. The molecule has 0 bridgehead atoms. The van der Waals surface area contributed by atoms with Gasteiger partial charge in [-0.1, -0.05) is 6.92 Å². The first-order chi connectivity index (χ1) is 11.3. The highest BCUT2D eigenvalue weighted by atomic mass is 16.7. The molecule has 0 saturated carbocycles. The molecule has 0 aromatic carbocycles. The van der Waals surface area contributed by atoms with Crippen molar-refractivity contribution < 1.29 is 39.7 Å². The lowest BCUT2D eigenvalue weighted by Crippen LogP contribution is -2.67. The van der Waals surface area contributed by atoms with E-state index >= 15 is 0 Å². The number of rotatable bonds is 5. The van der Waals surface area contributed by atoms with Crippen LogP contribution in [-0.4, -0.2) is 99.8 Å². The van der Waals surface area contributed by atoms with E-state index in [1.165, 1.54) is 0 Å². The average Bonchev–Trinajstić information content (AvgIpc) is 2.59. The third-order valence-corrected chi connectivity index (χ3v) is 4.68. The summed E-state index contributed by atoms with van der Waals surface area (Å²) >= 11 is 0. The van der Waals surface area contributed by atoms with Gasteiger partial charge < -0.3 is 51.2 Å². The van der Waals surface area contributed by atoms with Crippen molar-refractivity contribution in [1.82, 2.24) is 0 Å². The minimum absolute atomic E-state index is 0.415. The minimum atomic E-state index is -1.38. The molecule has 10 atom stereocenters. The Morgan fingerprint density at radius 3 is 2.00 bits per heavy atom. The molecule has 0 spiro atoms. The molecule has 10 heteroatoms. The van der Waals surface area contributed by atoms with Gasteiger partial charge in [-0.05, 0) is 6.42 Å². The highest BCUT2D eigenvalue weighted by molar-refractivity contribution is 4.97. The first-order valence-electron chi connectivity index (χ1n) is 8.09. The second kappa shape index (κ2) is 8.32. The quantitative estimate of drug-likeness (QED) is 0.257. The molecule has 2 fully saturated rings. The van der Waals surface area contributed by atoms with Gasteiger partial charge in [0.05, 0.1) is 31.4 Å². The van der Waals surface area contributed by atoms with E-state index in [4.69, 9.17) is 25.7 Å². The van der Waals surface area contributed by atoms with Crippen LogP contribution in [0.25, 0.3) is 0 Å². The lowest BCUT2D eigenvalue weighted by atomic mass is 9.91. The van der Waals surface area contributed by atoms with Gasteiger partial charge in [0.2, 0.25) is 0 Å². The Labute approximate surface area is 139 Å². The molecule has 0 aromatic rings. The van der Waals surface area contributed by atoms with Crippen molar-refractivity contribution in [2.75, 3.05) is 13.2 Å². The number of aliphatic hydroxyl groups excluding tert-OH is 5. The van der Waals surface area contributed by atoms with Crippen LogP contribution in [0.1, 0.15) is 13.3 Å². The molecular formula is C14H28N2O8. The molecule has 0 aromatic heterocycles. The summed E-state index contributed by atoms with van der Waals surface area (Å²) in [5, 5.41) is 48.9. The third-order valence-electron chi connectivity index (χ3n) is 4.68. The molecule has 0 aliphatic carbocycles. The van der Waals surface area contributed by atoms with E-state index < -0.39 is 74.3 Å². The molecule has 10 nitrogen and oxygen atoms in total. The highest BCUT2D eigenvalue weighted by Crippen LogP contribution is 2.28. The van der Waals surface area contributed by atoms with Crippen molar-refractivity contribution in [1.29, 1.82) is 0 Å². The molecule has 2 aliphatic rings. The zero-order valence-corrected chi connectivity index (χ0v) is 13.5. The van der Waals surface area contributed by atoms with Crippen LogP contribution in [0.5, 0.6) is 0 Å². The summed E-state index contributed by atoms with van der Waals surface area (Å²) in [6.45, 7) is 0.882. The van der Waals surface area contributed by atoms with Gasteiger partial charge in [0, 0.05) is 0 Å². The zero-order valence-electron chi connectivity index (χ0n) is 13.5. The Balaban J connectivity index is 2.12. The first kappa shape index (κ1) is 19.9. The molecule has 2 heterocycles. The van der Waals surface area contributed by atoms with E-state index in [1.54, 1.807) is 0 Å². The summed E-state index contributed by atoms with van der Waals surface area (Å²) in [5.74, 6) is 0. The molecule has 10 unspecified atom stereocenters. The second-order valence-corrected chi connectivity index (χ2v) is 6.26. The molecular weight excluding hydrogens is 324 g/mol. The van der Waals surface area contributed by atoms with Crippen LogP contribution in [0.15, 0.2) is 0 Å². The van der Waals surface area contributed by atoms with Crippen molar-refractivity contribution in [3.05, 3.63) is 0 Å². The summed E-state index contributed by atoms with van der Waals surface area (Å²) < 4.78 is 16.6. The van der Waals surface area contributed by atoms with Crippen LogP contribution in [0.4, 0.5) is 0 Å². The molecule has 142 valence electrons. The van der Waals surface area contributed by atoms with Crippen LogP contribution >= 0.6 is 0 Å². The zero-order chi connectivity index (χ0) is 18.0. The average molecular weight is 352 g/mol. The van der Waals surface area contributed by atoms with Crippen LogP contribution in [0, 0.1) is 0 Å². The van der Waals surface area contributed by atoms with Crippen LogP contribution < -0.4 is 11.5 Å². The maximum absolute atomic E-state index is 10.4. The highest BCUT2D eigenvalue weighted by Gasteiger charge is 2.48. The Morgan fingerprint density at radius 1 is 0.833 bits per heavy atom. The molecule has 24 heavy (non-hydrogen) atoms. The smallest absolute Gasteiger partial charge is 0.176 e. The normalized spacial score (nSPS) is 50.0. The van der Waals surface area contributed by atoms with Crippen LogP contribution in [0.2, 0.25) is 0 Å². The monoisotopic (exact) mass is 352 g/mol. The molecule has 2 aliphatic heterocycles. The Hall–Kier alpha value is -0.400. The summed E-state index contributed by atoms with van der Waals surface area (Å²) in [6, 6.07) is -1.85. The Kier molecular flexibility index (Phi) is 6.90. The molecule has 2 rings (SSSR count). The summed E-state index contributed by atoms with van der Waals surface area (Å²) in [7, 11) is 0. The van der Waals surface area contributed by atoms with E-state index in [-0.39, 0.29) is 0 Å². The van der Waals surface area contributed by atoms with E-state index in [0.717, 1.165) is 0 Å². The number of aliphatic hydroxyl groups is 5. The van der Waals surface area contributed by atoms with Gasteiger partial charge in [0.1, 0.15) is 36.6 Å². The van der Waals surface area contributed by atoms with Gasteiger partial charge in [-0.2, -0.15) is 0 Å². The summed E-state index contributed by atoms with van der Waals surface area (Å²) in [5.41, 5.74) is 11.8. The molecule has 9 N–H and O–H groups in total. The van der Waals surface area contributed by atoms with Gasteiger partial charge in [0.25, 0.3) is 0 Å². The standard InChI is InChI=1S/C14H28N2O8/c1-2-5-8(15)12(21)13(7(4-18)22-5)24-14-9(16)11(20)10(19)6(3-17)23-14/h5-14,17-21H,2-4,15-16H2,1H3. The van der Waals surface area contributed by atoms with Gasteiger partial charge in [-0.15, -0.1) is 0 Å². The Bertz CT molecular complexity index is 399. The van der Waals surface area contributed by atoms with Crippen molar-refractivity contribution in [2.24, 2.45) is 11.5 Å². The number of hydrogen-bond donors (Lipinski definition) is 7. The largest absolute Gasteiger partial charge is 0.394 e. The Morgan fingerprint density at radius 2 is 1.46 bits per heavy atom. The second-order valence-electron chi connectivity index (χ2n) is 6.26. The van der Waals surface area contributed by atoms with Gasteiger partial charge in [0.15, 0.2) is 6.29 Å². The lowest BCUT2D eigenvalue weighted by molar-refractivity contribution is -0.310. The lowest BCUT2D eigenvalue weighted by Gasteiger charge is -2.46. The van der Waals surface area contributed by atoms with Crippen LogP contribution in [-0.2, 0) is 14.2 Å². The van der Waals surface area contributed by atoms with E-state index in [2.05, 4.69) is 0 Å². The predicted molar refractivity (Wildman–Crippen MR) is 80.6 cm³/mol. The van der Waals surface area contributed by atoms with E-state index in [0.29, 0.717) is 6.42 Å². The molecule has 2 saturated heterocycles. The first-order valence-corrected chi connectivity index (χ1v) is 8.09. The fraction of sp³-hybridized carbons (Fsp3) is 1.00. The van der Waals surface area contributed by atoms with Crippen molar-refractivity contribution in [3.63, 3.8) is 0 Å². The van der Waals surface area contributed by atoms with Crippen molar-refractivity contribution in [3.8, 4) is 0 Å². The molecule has 0 radical (unpaired) electrons. The fourth-order valence-electron chi connectivity index (χ4n) is 3.12. The topological polar surface area (TPSA) is 181 Å². The number of nitrogens with two attached hydrogens (primary N) is 2. The number of hydrogen-bond acceptors (Lipinski definition) is 10. The minimum Gasteiger partial charge on any atom is -0.394 e. The maximum atomic E-state index is 10.4. The molecule has 0 amide bonds. The third kappa shape index (κ3) is 3.73. The SMILES string of the molecule is CCC1OC(CO)C(OC2OC(CO)C(O)C(O)C2N)C(O)C1N.